The molecule has 2 atom stereocenters. The molecule has 0 aromatic carbocycles. The maximum atomic E-state index is 3.06. The summed E-state index contributed by atoms with van der Waals surface area (Å²) in [4.78, 5) is 0. The summed E-state index contributed by atoms with van der Waals surface area (Å²) in [5.41, 5.74) is 0. The van der Waals surface area contributed by atoms with Crippen molar-refractivity contribution in [1.82, 2.24) is 8.46 Å². The van der Waals surface area contributed by atoms with Gasteiger partial charge in [0.2, 0.25) is 0 Å². The molecule has 108 valence electrons. The third kappa shape index (κ3) is 2.32. The first-order chi connectivity index (χ1) is 8.12. The molecule has 2 nitrogen and oxygen atoms in total. The molecular weight excluding hydrogens is 268 g/mol. The highest BCUT2D eigenvalue weighted by Crippen LogP contribution is 2.39. The molecule has 0 bridgehead atoms. The van der Waals surface area contributed by atoms with Gasteiger partial charge in [-0.25, -0.2) is 0 Å². The summed E-state index contributed by atoms with van der Waals surface area (Å²) in [6.07, 6.45) is 2.62. The van der Waals surface area contributed by atoms with Crippen molar-refractivity contribution in [2.24, 2.45) is 0 Å². The number of hydrogen-bond donors (Lipinski definition) is 0. The van der Waals surface area contributed by atoms with Crippen LogP contribution in [-0.2, 0) is 0 Å². The lowest BCUT2D eigenvalue weighted by Gasteiger charge is -2.42. The lowest BCUT2D eigenvalue weighted by molar-refractivity contribution is 0.421. The highest BCUT2D eigenvalue weighted by Gasteiger charge is 2.60. The number of nitrogens with zero attached hydrogens (tertiary/aromatic N) is 2. The van der Waals surface area contributed by atoms with Crippen molar-refractivity contribution >= 4 is 24.6 Å². The van der Waals surface area contributed by atoms with Crippen molar-refractivity contribution in [3.63, 3.8) is 0 Å². The smallest absolute Gasteiger partial charge is 0.173 e. The first kappa shape index (κ1) is 16.6. The van der Waals surface area contributed by atoms with Gasteiger partial charge in [0.15, 0.2) is 9.12 Å². The zero-order valence-electron chi connectivity index (χ0n) is 14.0. The van der Waals surface area contributed by atoms with E-state index in [2.05, 4.69) is 68.9 Å². The molecular formula is C13H34N2Si3. The Bertz CT molecular complexity index is 266. The van der Waals surface area contributed by atoms with E-state index in [-0.39, 0.29) is 0 Å². The summed E-state index contributed by atoms with van der Waals surface area (Å²) in [7, 11) is -3.34. The number of rotatable bonds is 4. The Kier molecular flexibility index (Phi) is 5.10. The van der Waals surface area contributed by atoms with Gasteiger partial charge in [-0.2, -0.15) is 0 Å². The van der Waals surface area contributed by atoms with E-state index in [1.54, 1.807) is 0 Å². The largest absolute Gasteiger partial charge is 0.335 e. The van der Waals surface area contributed by atoms with E-state index in [1.165, 1.54) is 12.8 Å². The lowest BCUT2D eigenvalue weighted by Crippen LogP contribution is -2.65. The molecule has 1 aliphatic heterocycles. The van der Waals surface area contributed by atoms with Gasteiger partial charge in [-0.3, -0.25) is 0 Å². The maximum absolute atomic E-state index is 3.06. The molecule has 1 heterocycles. The average molecular weight is 303 g/mol. The van der Waals surface area contributed by atoms with Crippen LogP contribution in [0.3, 0.4) is 0 Å². The molecule has 18 heavy (non-hydrogen) atoms. The second kappa shape index (κ2) is 5.52. The number of hydrogen-bond acceptors (Lipinski definition) is 2. The van der Waals surface area contributed by atoms with E-state index in [1.807, 2.05) is 0 Å². The summed E-state index contributed by atoms with van der Waals surface area (Å²) >= 11 is 0. The average Bonchev–Trinajstić information content (AvgIpc) is 2.40. The Morgan fingerprint density at radius 3 is 1.33 bits per heavy atom. The normalized spacial score (nSPS) is 31.5. The second-order valence-electron chi connectivity index (χ2n) is 7.08. The topological polar surface area (TPSA) is 6.48 Å². The quantitative estimate of drug-likeness (QED) is 0.733. The zero-order valence-corrected chi connectivity index (χ0v) is 17.2. The standard InChI is InChI=1S/C13H34N2Si3/c1-10-12(3)14-16(5)15(13(4)11-2)18(8,9)17(14,6)7/h12-13,16H,10-11H2,1-9H3. The predicted molar refractivity (Wildman–Crippen MR) is 91.2 cm³/mol. The Balaban J connectivity index is 3.19. The van der Waals surface area contributed by atoms with Gasteiger partial charge < -0.3 is 8.46 Å². The van der Waals surface area contributed by atoms with Crippen molar-refractivity contribution in [2.45, 2.75) is 85.4 Å². The van der Waals surface area contributed by atoms with Crippen LogP contribution >= 0.6 is 0 Å². The van der Waals surface area contributed by atoms with Crippen molar-refractivity contribution < 1.29 is 0 Å². The van der Waals surface area contributed by atoms with E-state index in [4.69, 9.17) is 0 Å². The van der Waals surface area contributed by atoms with Gasteiger partial charge in [-0.05, 0) is 31.5 Å². The van der Waals surface area contributed by atoms with E-state index in [9.17, 15) is 0 Å². The minimum atomic E-state index is -1.23. The maximum Gasteiger partial charge on any atom is 0.173 e. The lowest BCUT2D eigenvalue weighted by atomic mass is 10.3. The Hall–Kier alpha value is 0.571. The van der Waals surface area contributed by atoms with Gasteiger partial charge in [0.25, 0.3) is 0 Å². The van der Waals surface area contributed by atoms with Crippen LogP contribution in [0.1, 0.15) is 40.5 Å². The third-order valence-corrected chi connectivity index (χ3v) is 33.0. The fourth-order valence-electron chi connectivity index (χ4n) is 3.93. The molecule has 1 aliphatic rings. The van der Waals surface area contributed by atoms with Crippen LogP contribution in [0.4, 0.5) is 0 Å². The van der Waals surface area contributed by atoms with Crippen LogP contribution in [-0.4, -0.2) is 45.2 Å². The van der Waals surface area contributed by atoms with Crippen molar-refractivity contribution in [3.8, 4) is 0 Å². The van der Waals surface area contributed by atoms with Crippen LogP contribution < -0.4 is 0 Å². The Morgan fingerprint density at radius 2 is 1.11 bits per heavy atom. The van der Waals surface area contributed by atoms with Crippen LogP contribution in [0.5, 0.6) is 0 Å². The van der Waals surface area contributed by atoms with Gasteiger partial charge in [-0.15, -0.1) is 0 Å². The van der Waals surface area contributed by atoms with Gasteiger partial charge >= 0.3 is 0 Å². The minimum Gasteiger partial charge on any atom is -0.335 e. The van der Waals surface area contributed by atoms with E-state index in [0.717, 1.165) is 12.1 Å². The minimum absolute atomic E-state index is 0.800. The summed E-state index contributed by atoms with van der Waals surface area (Å²) < 4.78 is 6.12. The van der Waals surface area contributed by atoms with Crippen LogP contribution in [0.25, 0.3) is 0 Å². The monoisotopic (exact) mass is 302 g/mol. The molecule has 0 aliphatic carbocycles. The summed E-state index contributed by atoms with van der Waals surface area (Å²) in [6, 6.07) is 1.60. The highest BCUT2D eigenvalue weighted by atomic mass is 29.3. The summed E-state index contributed by atoms with van der Waals surface area (Å²) in [5, 5.41) is 0. The zero-order chi connectivity index (χ0) is 14.3. The SMILES string of the molecule is CCC(C)N1[SiH](C)N(C(C)CC)[Si](C)(C)[Si]1(C)C. The Labute approximate surface area is 118 Å². The van der Waals surface area contributed by atoms with Gasteiger partial charge in [0.1, 0.15) is 15.5 Å². The molecule has 1 rings (SSSR count). The second-order valence-corrected chi connectivity index (χ2v) is 25.1. The molecule has 1 saturated heterocycles. The van der Waals surface area contributed by atoms with Crippen LogP contribution in [0.15, 0.2) is 0 Å². The first-order valence-corrected chi connectivity index (χ1v) is 16.8. The van der Waals surface area contributed by atoms with Crippen LogP contribution in [0, 0.1) is 0 Å². The van der Waals surface area contributed by atoms with E-state index in [0.29, 0.717) is 0 Å². The molecule has 0 radical (unpaired) electrons. The molecule has 0 aromatic heterocycles. The molecule has 0 aromatic rings. The molecule has 0 saturated carbocycles. The molecule has 0 amide bonds. The van der Waals surface area contributed by atoms with Crippen LogP contribution in [0.2, 0.25) is 32.7 Å². The van der Waals surface area contributed by atoms with Crippen molar-refractivity contribution in [2.75, 3.05) is 0 Å². The van der Waals surface area contributed by atoms with Gasteiger partial charge in [0.05, 0.1) is 0 Å². The molecule has 1 fully saturated rings. The third-order valence-electron chi connectivity index (χ3n) is 5.72. The summed E-state index contributed by atoms with van der Waals surface area (Å²) in [6.45, 7) is 22.8. The fraction of sp³-hybridized carbons (Fsp3) is 1.00. The van der Waals surface area contributed by atoms with E-state index < -0.39 is 24.6 Å². The predicted octanol–water partition coefficient (Wildman–Crippen LogP) is 3.54. The molecule has 0 N–H and O–H groups in total. The summed E-state index contributed by atoms with van der Waals surface area (Å²) in [5.74, 6) is 0. The highest BCUT2D eigenvalue weighted by molar-refractivity contribution is 7.43. The molecule has 2 unspecified atom stereocenters. The van der Waals surface area contributed by atoms with Gasteiger partial charge in [0, 0.05) is 0 Å². The first-order valence-electron chi connectivity index (χ1n) is 7.69. The Morgan fingerprint density at radius 1 is 0.833 bits per heavy atom. The van der Waals surface area contributed by atoms with Crippen molar-refractivity contribution in [1.29, 1.82) is 0 Å². The van der Waals surface area contributed by atoms with E-state index >= 15 is 0 Å². The van der Waals surface area contributed by atoms with Gasteiger partial charge in [-0.1, -0.05) is 53.9 Å². The van der Waals surface area contributed by atoms with Crippen molar-refractivity contribution in [3.05, 3.63) is 0 Å². The fourth-order valence-corrected chi connectivity index (χ4v) is 32.7. The molecule has 5 heteroatoms. The molecule has 0 spiro atoms.